The average Bonchev–Trinajstić information content (AvgIpc) is 3.39. The van der Waals surface area contributed by atoms with Crippen LogP contribution in [0.3, 0.4) is 0 Å². The summed E-state index contributed by atoms with van der Waals surface area (Å²) in [5.74, 6) is 0.554. The van der Waals surface area contributed by atoms with Crippen molar-refractivity contribution >= 4 is 34.8 Å². The molecule has 0 aliphatic rings. The van der Waals surface area contributed by atoms with Gasteiger partial charge in [0.15, 0.2) is 6.29 Å². The van der Waals surface area contributed by atoms with Gasteiger partial charge < -0.3 is 19.9 Å². The maximum atomic E-state index is 11.9. The molecule has 0 atom stereocenters. The second kappa shape index (κ2) is 14.1. The van der Waals surface area contributed by atoms with Crippen LogP contribution in [0.25, 0.3) is 16.6 Å². The Morgan fingerprint density at radius 2 is 1.71 bits per heavy atom. The fourth-order valence-corrected chi connectivity index (χ4v) is 5.07. The van der Waals surface area contributed by atoms with E-state index in [9.17, 15) is 9.59 Å². The summed E-state index contributed by atoms with van der Waals surface area (Å²) in [6, 6.07) is 27.8. The molecule has 2 aromatic carbocycles. The van der Waals surface area contributed by atoms with E-state index in [0.717, 1.165) is 53.5 Å². The molecule has 0 spiro atoms. The Morgan fingerprint density at radius 1 is 0.952 bits per heavy atom. The number of anilines is 3. The smallest absolute Gasteiger partial charge is 0.242 e. The first-order valence-corrected chi connectivity index (χ1v) is 14.2. The summed E-state index contributed by atoms with van der Waals surface area (Å²) in [7, 11) is 1.95. The van der Waals surface area contributed by atoms with E-state index in [0.29, 0.717) is 12.0 Å². The largest absolute Gasteiger partial charge is 0.388 e. The lowest BCUT2D eigenvalue weighted by Gasteiger charge is -2.23. The maximum absolute atomic E-state index is 11.9. The number of carbonyl (C=O) groups is 2. The summed E-state index contributed by atoms with van der Waals surface area (Å²) in [5.41, 5.74) is 8.93. The third-order valence-corrected chi connectivity index (χ3v) is 7.10. The Hall–Kier alpha value is -4.91. The molecule has 0 aliphatic carbocycles. The van der Waals surface area contributed by atoms with Crippen molar-refractivity contribution in [3.8, 4) is 11.1 Å². The van der Waals surface area contributed by atoms with Crippen LogP contribution in [0.2, 0.25) is 0 Å². The number of rotatable bonds is 10. The molecule has 7 heteroatoms. The molecular formula is C35H39N5O2. The molecule has 0 aliphatic heterocycles. The molecule has 0 unspecified atom stereocenters. The summed E-state index contributed by atoms with van der Waals surface area (Å²) in [4.78, 5) is 29.7. The highest BCUT2D eigenvalue weighted by molar-refractivity contribution is 6.34. The third kappa shape index (κ3) is 7.23. The van der Waals surface area contributed by atoms with Gasteiger partial charge in [-0.15, -0.1) is 0 Å². The van der Waals surface area contributed by atoms with E-state index < -0.39 is 5.78 Å². The normalized spacial score (nSPS) is 10.5. The molecule has 0 bridgehead atoms. The van der Waals surface area contributed by atoms with Gasteiger partial charge in [-0.25, -0.2) is 4.98 Å². The Morgan fingerprint density at radius 3 is 2.38 bits per heavy atom. The number of nitrogens with one attached hydrogen (secondary N) is 2. The molecule has 3 heterocycles. The molecule has 3 aromatic heterocycles. The van der Waals surface area contributed by atoms with Crippen LogP contribution in [-0.2, 0) is 4.79 Å². The second-order valence-electron chi connectivity index (χ2n) is 10.2. The van der Waals surface area contributed by atoms with E-state index in [1.54, 1.807) is 10.6 Å². The van der Waals surface area contributed by atoms with Crippen LogP contribution < -0.4 is 15.5 Å². The zero-order valence-electron chi connectivity index (χ0n) is 25.0. The van der Waals surface area contributed by atoms with Crippen molar-refractivity contribution in [1.29, 1.82) is 0 Å². The van der Waals surface area contributed by atoms with Crippen molar-refractivity contribution in [2.45, 2.75) is 27.7 Å². The van der Waals surface area contributed by atoms with Crippen LogP contribution in [-0.4, -0.2) is 48.1 Å². The van der Waals surface area contributed by atoms with Crippen molar-refractivity contribution in [3.05, 3.63) is 114 Å². The Bertz CT molecular complexity index is 1640. The minimum absolute atomic E-state index is 0.362. The quantitative estimate of drug-likeness (QED) is 0.109. The lowest BCUT2D eigenvalue weighted by Crippen LogP contribution is -2.29. The molecule has 5 aromatic rings. The summed E-state index contributed by atoms with van der Waals surface area (Å²) >= 11 is 0. The number of pyridine rings is 2. The molecule has 216 valence electrons. The van der Waals surface area contributed by atoms with Crippen molar-refractivity contribution in [1.82, 2.24) is 9.38 Å². The molecule has 42 heavy (non-hydrogen) atoms. The highest BCUT2D eigenvalue weighted by atomic mass is 16.2. The fraction of sp³-hybridized carbons (Fsp3) is 0.229. The van der Waals surface area contributed by atoms with E-state index >= 15 is 0 Å². The van der Waals surface area contributed by atoms with Gasteiger partial charge in [0.05, 0.1) is 0 Å². The summed E-state index contributed by atoms with van der Waals surface area (Å²) in [6.07, 6.45) is 2.15. The SMILES string of the molecule is CCN(CCNc1ccc(NC)c(C)c1)c1cc(C)cc(C)n1.O=CC(=O)c1c(-c2ccccc2)cc2ccccn12. The number of aryl methyl sites for hydroxylation is 3. The fourth-order valence-electron chi connectivity index (χ4n) is 5.07. The van der Waals surface area contributed by atoms with Gasteiger partial charge in [0, 0.05) is 61.0 Å². The van der Waals surface area contributed by atoms with Gasteiger partial charge in [-0.3, -0.25) is 9.59 Å². The summed E-state index contributed by atoms with van der Waals surface area (Å²) in [5, 5.41) is 6.70. The maximum Gasteiger partial charge on any atom is 0.242 e. The van der Waals surface area contributed by atoms with Crippen molar-refractivity contribution in [2.24, 2.45) is 0 Å². The lowest BCUT2D eigenvalue weighted by molar-refractivity contribution is -0.104. The number of aromatic nitrogens is 2. The van der Waals surface area contributed by atoms with Gasteiger partial charge in [-0.2, -0.15) is 0 Å². The minimum atomic E-state index is -0.509. The molecule has 0 fully saturated rings. The zero-order chi connectivity index (χ0) is 30.1. The number of ketones is 1. The first-order chi connectivity index (χ1) is 20.3. The first kappa shape index (κ1) is 30.1. The predicted molar refractivity (Wildman–Crippen MR) is 174 cm³/mol. The van der Waals surface area contributed by atoms with Crippen LogP contribution in [0.5, 0.6) is 0 Å². The number of hydrogen-bond donors (Lipinski definition) is 2. The molecular weight excluding hydrogens is 522 g/mol. The lowest BCUT2D eigenvalue weighted by atomic mass is 10.0. The highest BCUT2D eigenvalue weighted by Crippen LogP contribution is 2.27. The Kier molecular flexibility index (Phi) is 10.1. The van der Waals surface area contributed by atoms with Crippen LogP contribution >= 0.6 is 0 Å². The number of carbonyl (C=O) groups excluding carboxylic acids is 2. The molecule has 0 amide bonds. The van der Waals surface area contributed by atoms with Gasteiger partial charge in [0.2, 0.25) is 5.78 Å². The van der Waals surface area contributed by atoms with Gasteiger partial charge >= 0.3 is 0 Å². The zero-order valence-corrected chi connectivity index (χ0v) is 25.0. The minimum Gasteiger partial charge on any atom is -0.388 e. The predicted octanol–water partition coefficient (Wildman–Crippen LogP) is 6.97. The van der Waals surface area contributed by atoms with Crippen LogP contribution in [0, 0.1) is 20.8 Å². The third-order valence-electron chi connectivity index (χ3n) is 7.10. The van der Waals surface area contributed by atoms with Gasteiger partial charge in [0.1, 0.15) is 11.5 Å². The van der Waals surface area contributed by atoms with E-state index in [-0.39, 0.29) is 0 Å². The van der Waals surface area contributed by atoms with E-state index in [4.69, 9.17) is 0 Å². The molecule has 0 saturated heterocycles. The number of nitrogens with zero attached hydrogens (tertiary/aromatic N) is 3. The van der Waals surface area contributed by atoms with Gasteiger partial charge in [0.25, 0.3) is 0 Å². The van der Waals surface area contributed by atoms with Crippen LogP contribution in [0.4, 0.5) is 17.2 Å². The summed E-state index contributed by atoms with van der Waals surface area (Å²) in [6.45, 7) is 11.2. The molecule has 7 nitrogen and oxygen atoms in total. The first-order valence-electron chi connectivity index (χ1n) is 14.2. The van der Waals surface area contributed by atoms with Gasteiger partial charge in [-0.05, 0) is 92.9 Å². The Labute approximate surface area is 248 Å². The van der Waals surface area contributed by atoms with Gasteiger partial charge in [-0.1, -0.05) is 36.4 Å². The monoisotopic (exact) mass is 561 g/mol. The molecule has 5 rings (SSSR count). The number of fused-ring (bicyclic) bond motifs is 1. The van der Waals surface area contributed by atoms with Crippen molar-refractivity contribution < 1.29 is 9.59 Å². The highest BCUT2D eigenvalue weighted by Gasteiger charge is 2.17. The number of likely N-dealkylation sites (N-methyl/N-ethyl adjacent to an activating group) is 1. The summed E-state index contributed by atoms with van der Waals surface area (Å²) < 4.78 is 1.75. The van der Waals surface area contributed by atoms with Crippen LogP contribution in [0.1, 0.15) is 34.2 Å². The number of hydrogen-bond acceptors (Lipinski definition) is 6. The van der Waals surface area contributed by atoms with E-state index in [2.05, 4.69) is 78.5 Å². The molecule has 0 radical (unpaired) electrons. The Balaban J connectivity index is 0.000000196. The van der Waals surface area contributed by atoms with Crippen LogP contribution in [0.15, 0.2) is 91.1 Å². The van der Waals surface area contributed by atoms with E-state index in [1.807, 2.05) is 61.6 Å². The van der Waals surface area contributed by atoms with Crippen molar-refractivity contribution in [2.75, 3.05) is 42.2 Å². The average molecular weight is 562 g/mol. The van der Waals surface area contributed by atoms with E-state index in [1.165, 1.54) is 16.8 Å². The standard InChI is InChI=1S/C19H28N4.C16H11NO2/c1-6-23(19-12-14(2)11-16(4)22-19)10-9-21-17-7-8-18(20-5)15(3)13-17;18-11-15(19)16-14(12-6-2-1-3-7-12)10-13-8-4-5-9-17(13)16/h7-8,11-13,20-21H,6,9-10H2,1-5H3;1-11H. The molecule has 0 saturated carbocycles. The second-order valence-corrected chi connectivity index (χ2v) is 10.2. The number of benzene rings is 2. The number of aldehydes is 1. The number of Topliss-reactive ketones (excluding diaryl/α,β-unsaturated/α-hetero) is 1. The molecule has 2 N–H and O–H groups in total. The van der Waals surface area contributed by atoms with Crippen molar-refractivity contribution in [3.63, 3.8) is 0 Å². The topological polar surface area (TPSA) is 78.7 Å².